The first-order valence-corrected chi connectivity index (χ1v) is 6.90. The minimum Gasteiger partial charge on any atom is -0.349 e. The second kappa shape index (κ2) is 6.68. The summed E-state index contributed by atoms with van der Waals surface area (Å²) in [4.78, 5) is 14.3. The first-order valence-electron chi connectivity index (χ1n) is 6.90. The molecule has 0 unspecified atom stereocenters. The molecule has 0 atom stereocenters. The van der Waals surface area contributed by atoms with Crippen molar-refractivity contribution in [3.63, 3.8) is 0 Å². The molecule has 1 heterocycles. The highest BCUT2D eigenvalue weighted by Gasteiger charge is 2.16. The van der Waals surface area contributed by atoms with Crippen molar-refractivity contribution >= 4 is 5.91 Å². The van der Waals surface area contributed by atoms with Crippen LogP contribution in [-0.2, 0) is 6.54 Å². The number of nitrogens with one attached hydrogen (secondary N) is 2. The molecule has 0 bridgehead atoms. The lowest BCUT2D eigenvalue weighted by molar-refractivity contribution is 0.0929. The second-order valence-corrected chi connectivity index (χ2v) is 5.44. The first-order chi connectivity index (χ1) is 9.15. The Morgan fingerprint density at radius 2 is 2.11 bits per heavy atom. The van der Waals surface area contributed by atoms with Crippen LogP contribution in [0.5, 0.6) is 0 Å². The quantitative estimate of drug-likeness (QED) is 0.857. The summed E-state index contributed by atoms with van der Waals surface area (Å²) in [5, 5.41) is 6.42. The van der Waals surface area contributed by atoms with Gasteiger partial charge in [-0.05, 0) is 57.7 Å². The maximum Gasteiger partial charge on any atom is 0.251 e. The molecule has 2 N–H and O–H groups in total. The minimum atomic E-state index is 0.0486. The fourth-order valence-electron chi connectivity index (χ4n) is 2.41. The summed E-state index contributed by atoms with van der Waals surface area (Å²) in [6.07, 6.45) is 2.03. The smallest absolute Gasteiger partial charge is 0.251 e. The zero-order valence-corrected chi connectivity index (χ0v) is 11.8. The number of piperidine rings is 1. The lowest BCUT2D eigenvalue weighted by Gasteiger charge is -2.23. The van der Waals surface area contributed by atoms with Gasteiger partial charge in [0.1, 0.15) is 0 Å². The molecule has 104 valence electrons. The van der Waals surface area contributed by atoms with E-state index in [1.807, 2.05) is 32.3 Å². The van der Waals surface area contributed by atoms with Crippen LogP contribution >= 0.6 is 0 Å². The van der Waals surface area contributed by atoms with Crippen LogP contribution in [0.3, 0.4) is 0 Å². The molecule has 1 aliphatic heterocycles. The van der Waals surface area contributed by atoms with E-state index in [1.165, 1.54) is 5.56 Å². The Balaban J connectivity index is 1.97. The molecule has 0 aromatic heterocycles. The number of carbonyl (C=O) groups is 1. The zero-order chi connectivity index (χ0) is 13.7. The highest BCUT2D eigenvalue weighted by atomic mass is 16.1. The molecule has 0 spiro atoms. The Morgan fingerprint density at radius 1 is 1.37 bits per heavy atom. The van der Waals surface area contributed by atoms with Crippen LogP contribution < -0.4 is 10.6 Å². The van der Waals surface area contributed by atoms with Crippen molar-refractivity contribution in [2.75, 3.05) is 27.2 Å². The van der Waals surface area contributed by atoms with Crippen LogP contribution in [-0.4, -0.2) is 44.0 Å². The average molecular weight is 261 g/mol. The number of amides is 1. The Bertz CT molecular complexity index is 425. The summed E-state index contributed by atoms with van der Waals surface area (Å²) < 4.78 is 0. The van der Waals surface area contributed by atoms with Gasteiger partial charge >= 0.3 is 0 Å². The van der Waals surface area contributed by atoms with Gasteiger partial charge < -0.3 is 15.5 Å². The third-order valence-corrected chi connectivity index (χ3v) is 3.36. The Hall–Kier alpha value is -1.39. The van der Waals surface area contributed by atoms with Crippen LogP contribution in [0.25, 0.3) is 0 Å². The van der Waals surface area contributed by atoms with E-state index in [9.17, 15) is 4.79 Å². The standard InChI is InChI=1S/C15H23N3O/c1-18(2)11-12-4-3-5-13(10-12)15(19)17-14-6-8-16-9-7-14/h3-5,10,14,16H,6-9,11H2,1-2H3,(H,17,19). The van der Waals surface area contributed by atoms with Crippen molar-refractivity contribution in [1.29, 1.82) is 0 Å². The molecule has 1 aromatic rings. The van der Waals surface area contributed by atoms with E-state index in [1.54, 1.807) is 0 Å². The maximum atomic E-state index is 12.2. The average Bonchev–Trinajstić information content (AvgIpc) is 2.39. The lowest BCUT2D eigenvalue weighted by atomic mass is 10.1. The van der Waals surface area contributed by atoms with Gasteiger partial charge in [-0.25, -0.2) is 0 Å². The van der Waals surface area contributed by atoms with E-state index in [2.05, 4.69) is 21.6 Å². The van der Waals surface area contributed by atoms with Gasteiger partial charge in [-0.2, -0.15) is 0 Å². The molecule has 1 aliphatic rings. The number of rotatable bonds is 4. The monoisotopic (exact) mass is 261 g/mol. The van der Waals surface area contributed by atoms with Crippen molar-refractivity contribution in [2.24, 2.45) is 0 Å². The largest absolute Gasteiger partial charge is 0.349 e. The van der Waals surface area contributed by atoms with Crippen molar-refractivity contribution in [3.8, 4) is 0 Å². The SMILES string of the molecule is CN(C)Cc1cccc(C(=O)NC2CCNCC2)c1. The maximum absolute atomic E-state index is 12.2. The number of hydrogen-bond donors (Lipinski definition) is 2. The summed E-state index contributed by atoms with van der Waals surface area (Å²) in [6.45, 7) is 2.84. The van der Waals surface area contributed by atoms with Crippen LogP contribution in [0.4, 0.5) is 0 Å². The summed E-state index contributed by atoms with van der Waals surface area (Å²) in [7, 11) is 4.06. The first kappa shape index (κ1) is 14.0. The molecular formula is C15H23N3O. The van der Waals surface area contributed by atoms with Crippen molar-refractivity contribution < 1.29 is 4.79 Å². The second-order valence-electron chi connectivity index (χ2n) is 5.44. The predicted octanol–water partition coefficient (Wildman–Crippen LogP) is 1.23. The van der Waals surface area contributed by atoms with Gasteiger partial charge in [0.2, 0.25) is 0 Å². The van der Waals surface area contributed by atoms with Gasteiger partial charge in [-0.3, -0.25) is 4.79 Å². The molecule has 1 fully saturated rings. The highest BCUT2D eigenvalue weighted by molar-refractivity contribution is 5.94. The zero-order valence-electron chi connectivity index (χ0n) is 11.8. The topological polar surface area (TPSA) is 44.4 Å². The van der Waals surface area contributed by atoms with Gasteiger partial charge in [0, 0.05) is 18.2 Å². The fourth-order valence-corrected chi connectivity index (χ4v) is 2.41. The molecular weight excluding hydrogens is 238 g/mol. The predicted molar refractivity (Wildman–Crippen MR) is 77.2 cm³/mol. The molecule has 1 saturated heterocycles. The van der Waals surface area contributed by atoms with Crippen LogP contribution in [0.15, 0.2) is 24.3 Å². The van der Waals surface area contributed by atoms with Crippen LogP contribution in [0.1, 0.15) is 28.8 Å². The number of carbonyl (C=O) groups excluding carboxylic acids is 1. The Labute approximate surface area is 115 Å². The van der Waals surface area contributed by atoms with E-state index in [0.29, 0.717) is 6.04 Å². The van der Waals surface area contributed by atoms with Crippen molar-refractivity contribution in [3.05, 3.63) is 35.4 Å². The number of nitrogens with zero attached hydrogens (tertiary/aromatic N) is 1. The van der Waals surface area contributed by atoms with Gasteiger partial charge in [0.15, 0.2) is 0 Å². The van der Waals surface area contributed by atoms with E-state index >= 15 is 0 Å². The van der Waals surface area contributed by atoms with Crippen molar-refractivity contribution in [2.45, 2.75) is 25.4 Å². The molecule has 1 amide bonds. The van der Waals surface area contributed by atoms with E-state index < -0.39 is 0 Å². The van der Waals surface area contributed by atoms with Crippen molar-refractivity contribution in [1.82, 2.24) is 15.5 Å². The molecule has 4 nitrogen and oxygen atoms in total. The lowest BCUT2D eigenvalue weighted by Crippen LogP contribution is -2.42. The van der Waals surface area contributed by atoms with Gasteiger partial charge in [-0.1, -0.05) is 12.1 Å². The summed E-state index contributed by atoms with van der Waals surface area (Å²) in [6, 6.07) is 8.19. The van der Waals surface area contributed by atoms with E-state index in [4.69, 9.17) is 0 Å². The summed E-state index contributed by atoms with van der Waals surface area (Å²) >= 11 is 0. The normalized spacial score (nSPS) is 16.6. The molecule has 0 aliphatic carbocycles. The third-order valence-electron chi connectivity index (χ3n) is 3.36. The highest BCUT2D eigenvalue weighted by Crippen LogP contribution is 2.09. The van der Waals surface area contributed by atoms with Crippen LogP contribution in [0, 0.1) is 0 Å². The van der Waals surface area contributed by atoms with E-state index in [-0.39, 0.29) is 5.91 Å². The number of benzene rings is 1. The molecule has 0 radical (unpaired) electrons. The number of hydrogen-bond acceptors (Lipinski definition) is 3. The third kappa shape index (κ3) is 4.33. The summed E-state index contributed by atoms with van der Waals surface area (Å²) in [5.74, 6) is 0.0486. The Kier molecular flexibility index (Phi) is 4.93. The minimum absolute atomic E-state index is 0.0486. The van der Waals surface area contributed by atoms with E-state index in [0.717, 1.165) is 38.0 Å². The summed E-state index contributed by atoms with van der Waals surface area (Å²) in [5.41, 5.74) is 1.93. The van der Waals surface area contributed by atoms with Gasteiger partial charge in [-0.15, -0.1) is 0 Å². The molecule has 0 saturated carbocycles. The molecule has 19 heavy (non-hydrogen) atoms. The molecule has 1 aromatic carbocycles. The fraction of sp³-hybridized carbons (Fsp3) is 0.533. The van der Waals surface area contributed by atoms with Gasteiger partial charge in [0.05, 0.1) is 0 Å². The van der Waals surface area contributed by atoms with Gasteiger partial charge in [0.25, 0.3) is 5.91 Å². The molecule has 4 heteroatoms. The molecule has 2 rings (SSSR count). The van der Waals surface area contributed by atoms with Crippen LogP contribution in [0.2, 0.25) is 0 Å². The Morgan fingerprint density at radius 3 is 2.79 bits per heavy atom.